The standard InChI is InChI=1S/C12H18O7/c13-9(14)7-5-3-1-2-4-6-8-10(15)19-12(18)11(16)17/h1-8H2,(H,13,14)(H,16,17). The summed E-state index contributed by atoms with van der Waals surface area (Å²) in [5.41, 5.74) is 0. The molecule has 108 valence electrons. The molecule has 0 spiro atoms. The molecule has 0 unspecified atom stereocenters. The summed E-state index contributed by atoms with van der Waals surface area (Å²) in [6, 6.07) is 0. The van der Waals surface area contributed by atoms with Gasteiger partial charge in [0.1, 0.15) is 0 Å². The quantitative estimate of drug-likeness (QED) is 0.282. The number of aliphatic carboxylic acids is 2. The summed E-state index contributed by atoms with van der Waals surface area (Å²) >= 11 is 0. The summed E-state index contributed by atoms with van der Waals surface area (Å²) in [5.74, 6) is -4.98. The molecule has 19 heavy (non-hydrogen) atoms. The molecule has 0 saturated heterocycles. The largest absolute Gasteiger partial charge is 0.481 e. The first-order chi connectivity index (χ1) is 8.93. The topological polar surface area (TPSA) is 118 Å². The van der Waals surface area contributed by atoms with Crippen LogP contribution in [-0.2, 0) is 23.9 Å². The van der Waals surface area contributed by atoms with E-state index < -0.39 is 23.9 Å². The average molecular weight is 274 g/mol. The molecule has 2 N–H and O–H groups in total. The third kappa shape index (κ3) is 10.9. The van der Waals surface area contributed by atoms with Crippen LogP contribution in [0.3, 0.4) is 0 Å². The highest BCUT2D eigenvalue weighted by molar-refractivity contribution is 6.30. The Bertz CT molecular complexity index is 335. The van der Waals surface area contributed by atoms with Crippen LogP contribution in [0.4, 0.5) is 0 Å². The Morgan fingerprint density at radius 1 is 0.737 bits per heavy atom. The van der Waals surface area contributed by atoms with E-state index in [-0.39, 0.29) is 12.8 Å². The summed E-state index contributed by atoms with van der Waals surface area (Å²) in [7, 11) is 0. The molecule has 0 saturated carbocycles. The smallest absolute Gasteiger partial charge is 0.424 e. The molecule has 7 heteroatoms. The maximum Gasteiger partial charge on any atom is 0.424 e. The van der Waals surface area contributed by atoms with E-state index in [0.29, 0.717) is 12.8 Å². The minimum Gasteiger partial charge on any atom is -0.481 e. The van der Waals surface area contributed by atoms with Gasteiger partial charge in [0, 0.05) is 12.8 Å². The van der Waals surface area contributed by atoms with Crippen LogP contribution in [-0.4, -0.2) is 34.1 Å². The molecular formula is C12H18O7. The minimum absolute atomic E-state index is 0.00808. The lowest BCUT2D eigenvalue weighted by atomic mass is 10.1. The molecule has 0 bridgehead atoms. The highest BCUT2D eigenvalue weighted by Gasteiger charge is 2.17. The van der Waals surface area contributed by atoms with Crippen molar-refractivity contribution in [1.82, 2.24) is 0 Å². The van der Waals surface area contributed by atoms with Gasteiger partial charge >= 0.3 is 23.9 Å². The van der Waals surface area contributed by atoms with Crippen LogP contribution in [0.25, 0.3) is 0 Å². The van der Waals surface area contributed by atoms with Crippen molar-refractivity contribution >= 4 is 23.9 Å². The van der Waals surface area contributed by atoms with Crippen LogP contribution in [0.2, 0.25) is 0 Å². The number of unbranched alkanes of at least 4 members (excludes halogenated alkanes) is 5. The molecule has 0 aliphatic carbocycles. The fourth-order valence-electron chi connectivity index (χ4n) is 1.45. The number of hydrogen-bond acceptors (Lipinski definition) is 5. The number of esters is 2. The summed E-state index contributed by atoms with van der Waals surface area (Å²) in [6.07, 6.45) is 4.67. The second-order valence-electron chi connectivity index (χ2n) is 4.08. The molecule has 0 aliphatic heterocycles. The second kappa shape index (κ2) is 10.0. The first kappa shape index (κ1) is 17.1. The molecule has 0 heterocycles. The van der Waals surface area contributed by atoms with Crippen molar-refractivity contribution in [3.05, 3.63) is 0 Å². The monoisotopic (exact) mass is 274 g/mol. The van der Waals surface area contributed by atoms with Gasteiger partial charge in [-0.1, -0.05) is 25.7 Å². The number of carboxylic acid groups (broad SMARTS) is 2. The van der Waals surface area contributed by atoms with Gasteiger partial charge in [-0.2, -0.15) is 0 Å². The van der Waals surface area contributed by atoms with Crippen molar-refractivity contribution in [1.29, 1.82) is 0 Å². The van der Waals surface area contributed by atoms with Crippen LogP contribution >= 0.6 is 0 Å². The van der Waals surface area contributed by atoms with E-state index in [4.69, 9.17) is 10.2 Å². The summed E-state index contributed by atoms with van der Waals surface area (Å²) in [4.78, 5) is 41.8. The van der Waals surface area contributed by atoms with Gasteiger partial charge in [-0.3, -0.25) is 9.59 Å². The minimum atomic E-state index is -1.79. The Labute approximate surface area is 110 Å². The molecule has 0 aliphatic rings. The van der Waals surface area contributed by atoms with Crippen molar-refractivity contribution in [2.24, 2.45) is 0 Å². The number of rotatable bonds is 9. The summed E-state index contributed by atoms with van der Waals surface area (Å²) < 4.78 is 4.04. The number of ether oxygens (including phenoxy) is 1. The van der Waals surface area contributed by atoms with Crippen molar-refractivity contribution in [2.45, 2.75) is 51.4 Å². The van der Waals surface area contributed by atoms with Crippen molar-refractivity contribution < 1.29 is 34.1 Å². The maximum absolute atomic E-state index is 11.0. The highest BCUT2D eigenvalue weighted by atomic mass is 16.6. The predicted molar refractivity (Wildman–Crippen MR) is 63.3 cm³/mol. The Balaban J connectivity index is 3.39. The van der Waals surface area contributed by atoms with Gasteiger partial charge in [0.05, 0.1) is 0 Å². The third-order valence-electron chi connectivity index (χ3n) is 2.40. The third-order valence-corrected chi connectivity index (χ3v) is 2.40. The van der Waals surface area contributed by atoms with Crippen LogP contribution in [0, 0.1) is 0 Å². The normalized spacial score (nSPS) is 9.89. The summed E-state index contributed by atoms with van der Waals surface area (Å²) in [5, 5.41) is 16.6. The lowest BCUT2D eigenvalue weighted by Gasteiger charge is -2.01. The zero-order valence-electron chi connectivity index (χ0n) is 10.6. The Kier molecular flexibility index (Phi) is 9.03. The molecule has 0 atom stereocenters. The van der Waals surface area contributed by atoms with Crippen LogP contribution in [0.1, 0.15) is 51.4 Å². The fourth-order valence-corrected chi connectivity index (χ4v) is 1.45. The fraction of sp³-hybridized carbons (Fsp3) is 0.667. The zero-order valence-corrected chi connectivity index (χ0v) is 10.6. The molecule has 0 aromatic heterocycles. The molecule has 0 fully saturated rings. The second-order valence-corrected chi connectivity index (χ2v) is 4.08. The maximum atomic E-state index is 11.0. The lowest BCUT2D eigenvalue weighted by Crippen LogP contribution is -2.20. The van der Waals surface area contributed by atoms with Crippen LogP contribution in [0.15, 0.2) is 0 Å². The Morgan fingerprint density at radius 3 is 1.68 bits per heavy atom. The SMILES string of the molecule is O=C(O)CCCCCCCCC(=O)OC(=O)C(=O)O. The molecule has 0 rings (SSSR count). The molecular weight excluding hydrogens is 256 g/mol. The first-order valence-electron chi connectivity index (χ1n) is 6.13. The van der Waals surface area contributed by atoms with Crippen LogP contribution < -0.4 is 0 Å². The van der Waals surface area contributed by atoms with Gasteiger partial charge < -0.3 is 14.9 Å². The van der Waals surface area contributed by atoms with E-state index in [1.807, 2.05) is 0 Å². The molecule has 0 amide bonds. The Hall–Kier alpha value is -1.92. The molecule has 0 aromatic rings. The molecule has 7 nitrogen and oxygen atoms in total. The Morgan fingerprint density at radius 2 is 1.21 bits per heavy atom. The van der Waals surface area contributed by atoms with E-state index in [1.165, 1.54) is 0 Å². The van der Waals surface area contributed by atoms with Crippen molar-refractivity contribution in [3.63, 3.8) is 0 Å². The number of hydrogen-bond donors (Lipinski definition) is 2. The predicted octanol–water partition coefficient (Wildman–Crippen LogP) is 1.35. The average Bonchev–Trinajstić information content (AvgIpc) is 2.31. The van der Waals surface area contributed by atoms with Gasteiger partial charge in [-0.15, -0.1) is 0 Å². The van der Waals surface area contributed by atoms with Gasteiger partial charge in [0.25, 0.3) is 0 Å². The number of carboxylic acids is 2. The van der Waals surface area contributed by atoms with Crippen LogP contribution in [0.5, 0.6) is 0 Å². The molecule has 0 radical (unpaired) electrons. The van der Waals surface area contributed by atoms with E-state index in [2.05, 4.69) is 4.74 Å². The first-order valence-corrected chi connectivity index (χ1v) is 6.13. The number of carbonyl (C=O) groups excluding carboxylic acids is 2. The van der Waals surface area contributed by atoms with Crippen molar-refractivity contribution in [3.8, 4) is 0 Å². The van der Waals surface area contributed by atoms with Gasteiger partial charge in [0.2, 0.25) is 0 Å². The van der Waals surface area contributed by atoms with E-state index in [1.54, 1.807) is 0 Å². The van der Waals surface area contributed by atoms with Gasteiger partial charge in [-0.05, 0) is 12.8 Å². The van der Waals surface area contributed by atoms with E-state index >= 15 is 0 Å². The van der Waals surface area contributed by atoms with E-state index in [9.17, 15) is 19.2 Å². The van der Waals surface area contributed by atoms with Gasteiger partial charge in [-0.25, -0.2) is 9.59 Å². The van der Waals surface area contributed by atoms with Gasteiger partial charge in [0.15, 0.2) is 0 Å². The van der Waals surface area contributed by atoms with Crippen molar-refractivity contribution in [2.75, 3.05) is 0 Å². The number of carbonyl (C=O) groups is 4. The zero-order chi connectivity index (χ0) is 14.7. The van der Waals surface area contributed by atoms with E-state index in [0.717, 1.165) is 25.7 Å². The lowest BCUT2D eigenvalue weighted by molar-refractivity contribution is -0.170. The molecule has 0 aromatic carbocycles. The highest BCUT2D eigenvalue weighted by Crippen LogP contribution is 2.09. The summed E-state index contributed by atoms with van der Waals surface area (Å²) in [6.45, 7) is 0.